The van der Waals surface area contributed by atoms with Crippen molar-refractivity contribution in [1.29, 1.82) is 0 Å². The first kappa shape index (κ1) is 11.3. The van der Waals surface area contributed by atoms with Gasteiger partial charge in [0.25, 0.3) is 0 Å². The molecule has 0 spiro atoms. The molecule has 0 aliphatic rings. The Morgan fingerprint density at radius 2 is 1.56 bits per heavy atom. The van der Waals surface area contributed by atoms with E-state index in [1.807, 2.05) is 42.5 Å². The van der Waals surface area contributed by atoms with Gasteiger partial charge in [0.2, 0.25) is 0 Å². The van der Waals surface area contributed by atoms with E-state index in [1.54, 1.807) is 6.07 Å². The van der Waals surface area contributed by atoms with Crippen molar-refractivity contribution in [2.24, 2.45) is 0 Å². The summed E-state index contributed by atoms with van der Waals surface area (Å²) in [5, 5.41) is 0.557. The summed E-state index contributed by atoms with van der Waals surface area (Å²) in [7, 11) is 0. The molecule has 2 aromatic carbocycles. The summed E-state index contributed by atoms with van der Waals surface area (Å²) in [6, 6.07) is 15.5. The second kappa shape index (κ2) is 5.26. The number of halogens is 2. The zero-order valence-electron chi connectivity index (χ0n) is 8.79. The Kier molecular flexibility index (Phi) is 3.73. The van der Waals surface area contributed by atoms with Crippen LogP contribution in [0.25, 0.3) is 0 Å². The van der Waals surface area contributed by atoms with Crippen LogP contribution in [0.5, 0.6) is 0 Å². The zero-order valence-corrected chi connectivity index (χ0v) is 10.4. The maximum Gasteiger partial charge on any atom is 0.130 e. The number of rotatable bonds is 3. The van der Waals surface area contributed by atoms with E-state index in [2.05, 4.69) is 15.9 Å². The van der Waals surface area contributed by atoms with Gasteiger partial charge in [0.15, 0.2) is 0 Å². The van der Waals surface area contributed by atoms with Crippen molar-refractivity contribution in [2.45, 2.75) is 11.8 Å². The smallest absolute Gasteiger partial charge is 0.130 e. The van der Waals surface area contributed by atoms with Crippen LogP contribution in [0.15, 0.2) is 48.5 Å². The monoisotopic (exact) mass is 278 g/mol. The summed E-state index contributed by atoms with van der Waals surface area (Å²) in [5.41, 5.74) is 2.60. The Bertz CT molecular complexity index is 465. The maximum atomic E-state index is 13.9. The highest BCUT2D eigenvalue weighted by Crippen LogP contribution is 2.18. The SMILES string of the molecule is Fc1c(CBr)cccc1Cc1ccccc1. The molecule has 0 aromatic heterocycles. The molecule has 0 aliphatic carbocycles. The van der Waals surface area contributed by atoms with Crippen molar-refractivity contribution in [3.63, 3.8) is 0 Å². The van der Waals surface area contributed by atoms with Gasteiger partial charge in [-0.15, -0.1) is 0 Å². The standard InChI is InChI=1S/C14H12BrF/c15-10-13-8-4-7-12(14(13)16)9-11-5-2-1-3-6-11/h1-8H,9-10H2. The van der Waals surface area contributed by atoms with Gasteiger partial charge in [-0.3, -0.25) is 0 Å². The molecule has 2 heteroatoms. The van der Waals surface area contributed by atoms with Crippen molar-refractivity contribution < 1.29 is 4.39 Å². The number of hydrogen-bond donors (Lipinski definition) is 0. The Balaban J connectivity index is 2.28. The molecule has 0 amide bonds. The number of benzene rings is 2. The van der Waals surface area contributed by atoms with Gasteiger partial charge in [-0.1, -0.05) is 64.5 Å². The molecule has 0 radical (unpaired) electrons. The molecule has 0 unspecified atom stereocenters. The highest BCUT2D eigenvalue weighted by Gasteiger charge is 2.07. The van der Waals surface area contributed by atoms with Crippen LogP contribution < -0.4 is 0 Å². The minimum atomic E-state index is -0.0942. The van der Waals surface area contributed by atoms with Crippen molar-refractivity contribution in [3.8, 4) is 0 Å². The molecule has 16 heavy (non-hydrogen) atoms. The molecule has 2 aromatic rings. The fourth-order valence-electron chi connectivity index (χ4n) is 1.69. The molecule has 0 aliphatic heterocycles. The minimum absolute atomic E-state index is 0.0942. The Hall–Kier alpha value is -1.15. The van der Waals surface area contributed by atoms with E-state index in [0.717, 1.165) is 11.1 Å². The molecule has 0 saturated carbocycles. The summed E-state index contributed by atoms with van der Waals surface area (Å²) in [5.74, 6) is -0.0942. The van der Waals surface area contributed by atoms with E-state index in [4.69, 9.17) is 0 Å². The predicted octanol–water partition coefficient (Wildman–Crippen LogP) is 4.31. The lowest BCUT2D eigenvalue weighted by Gasteiger charge is -2.06. The topological polar surface area (TPSA) is 0 Å². The van der Waals surface area contributed by atoms with Crippen LogP contribution in [-0.2, 0) is 11.8 Å². The first-order chi connectivity index (χ1) is 7.81. The third-order valence-corrected chi connectivity index (χ3v) is 3.14. The normalized spacial score (nSPS) is 10.4. The van der Waals surface area contributed by atoms with Gasteiger partial charge >= 0.3 is 0 Å². The van der Waals surface area contributed by atoms with Crippen LogP contribution in [0.4, 0.5) is 4.39 Å². The number of hydrogen-bond acceptors (Lipinski definition) is 0. The lowest BCUT2D eigenvalue weighted by atomic mass is 10.0. The first-order valence-electron chi connectivity index (χ1n) is 5.17. The van der Waals surface area contributed by atoms with Crippen LogP contribution in [0.2, 0.25) is 0 Å². The molecule has 2 rings (SSSR count). The molecule has 0 heterocycles. The molecule has 0 bridgehead atoms. The van der Waals surface area contributed by atoms with E-state index in [9.17, 15) is 4.39 Å². The van der Waals surface area contributed by atoms with Crippen LogP contribution in [0.3, 0.4) is 0 Å². The zero-order chi connectivity index (χ0) is 11.4. The third kappa shape index (κ3) is 2.50. The summed E-state index contributed by atoms with van der Waals surface area (Å²) < 4.78 is 13.9. The van der Waals surface area contributed by atoms with Crippen LogP contribution in [0, 0.1) is 5.82 Å². The predicted molar refractivity (Wildman–Crippen MR) is 68.3 cm³/mol. The van der Waals surface area contributed by atoms with Gasteiger partial charge < -0.3 is 0 Å². The van der Waals surface area contributed by atoms with Crippen LogP contribution in [-0.4, -0.2) is 0 Å². The summed E-state index contributed by atoms with van der Waals surface area (Å²) >= 11 is 3.29. The van der Waals surface area contributed by atoms with Gasteiger partial charge in [0.05, 0.1) is 0 Å². The minimum Gasteiger partial charge on any atom is -0.206 e. The Labute approximate surface area is 103 Å². The molecule has 0 saturated heterocycles. The average molecular weight is 279 g/mol. The van der Waals surface area contributed by atoms with Gasteiger partial charge in [0.1, 0.15) is 5.82 Å². The van der Waals surface area contributed by atoms with Crippen molar-refractivity contribution in [2.75, 3.05) is 0 Å². The molecule has 82 valence electrons. The molecule has 0 nitrogen and oxygen atoms in total. The quantitative estimate of drug-likeness (QED) is 0.734. The highest BCUT2D eigenvalue weighted by atomic mass is 79.9. The third-order valence-electron chi connectivity index (χ3n) is 2.54. The molecular formula is C14H12BrF. The Morgan fingerprint density at radius 1 is 0.875 bits per heavy atom. The van der Waals surface area contributed by atoms with Crippen molar-refractivity contribution in [1.82, 2.24) is 0 Å². The fourth-order valence-corrected chi connectivity index (χ4v) is 2.12. The Morgan fingerprint density at radius 3 is 2.25 bits per heavy atom. The lowest BCUT2D eigenvalue weighted by molar-refractivity contribution is 0.604. The van der Waals surface area contributed by atoms with E-state index in [-0.39, 0.29) is 5.82 Å². The lowest BCUT2D eigenvalue weighted by Crippen LogP contribution is -1.96. The van der Waals surface area contributed by atoms with Crippen molar-refractivity contribution in [3.05, 3.63) is 71.0 Å². The van der Waals surface area contributed by atoms with E-state index >= 15 is 0 Å². The van der Waals surface area contributed by atoms with E-state index in [0.29, 0.717) is 17.3 Å². The fraction of sp³-hybridized carbons (Fsp3) is 0.143. The van der Waals surface area contributed by atoms with E-state index in [1.165, 1.54) is 0 Å². The second-order valence-electron chi connectivity index (χ2n) is 3.69. The highest BCUT2D eigenvalue weighted by molar-refractivity contribution is 9.08. The largest absolute Gasteiger partial charge is 0.206 e. The maximum absolute atomic E-state index is 13.9. The molecular weight excluding hydrogens is 267 g/mol. The molecule has 0 atom stereocenters. The molecule has 0 N–H and O–H groups in total. The average Bonchev–Trinajstić information content (AvgIpc) is 2.33. The van der Waals surface area contributed by atoms with Crippen LogP contribution >= 0.6 is 15.9 Å². The second-order valence-corrected chi connectivity index (χ2v) is 4.25. The van der Waals surface area contributed by atoms with Gasteiger partial charge in [-0.2, -0.15) is 0 Å². The van der Waals surface area contributed by atoms with Gasteiger partial charge in [0, 0.05) is 11.8 Å². The number of alkyl halides is 1. The molecule has 0 fully saturated rings. The summed E-state index contributed by atoms with van der Waals surface area (Å²) in [4.78, 5) is 0. The van der Waals surface area contributed by atoms with Crippen LogP contribution in [0.1, 0.15) is 16.7 Å². The summed E-state index contributed by atoms with van der Waals surface area (Å²) in [6.45, 7) is 0. The van der Waals surface area contributed by atoms with E-state index < -0.39 is 0 Å². The van der Waals surface area contributed by atoms with Crippen molar-refractivity contribution >= 4 is 15.9 Å². The first-order valence-corrected chi connectivity index (χ1v) is 6.29. The van der Waals surface area contributed by atoms with Gasteiger partial charge in [-0.05, 0) is 16.7 Å². The summed E-state index contributed by atoms with van der Waals surface area (Å²) in [6.07, 6.45) is 0.646. The van der Waals surface area contributed by atoms with Gasteiger partial charge in [-0.25, -0.2) is 4.39 Å².